The lowest BCUT2D eigenvalue weighted by molar-refractivity contribution is -0.0500. The van der Waals surface area contributed by atoms with Gasteiger partial charge in [0.2, 0.25) is 0 Å². The SMILES string of the molecule is C[C@@H]1CCCN1CCc1ccc(OS(=O)(=O)C(F)(F)F)cc1F. The molecule has 2 rings (SSSR count). The molecule has 9 heteroatoms. The van der Waals surface area contributed by atoms with Crippen LogP contribution in [0.4, 0.5) is 17.6 Å². The van der Waals surface area contributed by atoms with Gasteiger partial charge in [-0.25, -0.2) is 4.39 Å². The van der Waals surface area contributed by atoms with Crippen LogP contribution in [0.5, 0.6) is 5.75 Å². The van der Waals surface area contributed by atoms with Crippen LogP contribution in [-0.2, 0) is 16.5 Å². The first-order valence-electron chi connectivity index (χ1n) is 7.13. The van der Waals surface area contributed by atoms with Gasteiger partial charge in [0.25, 0.3) is 0 Å². The zero-order valence-corrected chi connectivity index (χ0v) is 13.3. The molecular formula is C14H17F4NO3S. The molecule has 0 spiro atoms. The topological polar surface area (TPSA) is 46.6 Å². The van der Waals surface area contributed by atoms with E-state index < -0.39 is 27.2 Å². The Morgan fingerprint density at radius 2 is 2.04 bits per heavy atom. The van der Waals surface area contributed by atoms with Crippen molar-refractivity contribution in [1.82, 2.24) is 4.90 Å². The average molecular weight is 355 g/mol. The van der Waals surface area contributed by atoms with E-state index in [9.17, 15) is 26.0 Å². The lowest BCUT2D eigenvalue weighted by Gasteiger charge is -2.20. The van der Waals surface area contributed by atoms with Crippen LogP contribution in [-0.4, -0.2) is 38.0 Å². The first kappa shape index (κ1) is 18.0. The largest absolute Gasteiger partial charge is 0.534 e. The highest BCUT2D eigenvalue weighted by Gasteiger charge is 2.48. The van der Waals surface area contributed by atoms with Crippen LogP contribution in [0.2, 0.25) is 0 Å². The van der Waals surface area contributed by atoms with E-state index >= 15 is 0 Å². The van der Waals surface area contributed by atoms with Crippen molar-refractivity contribution in [2.75, 3.05) is 13.1 Å². The predicted molar refractivity (Wildman–Crippen MR) is 76.0 cm³/mol. The lowest BCUT2D eigenvalue weighted by Crippen LogP contribution is -2.29. The van der Waals surface area contributed by atoms with Crippen molar-refractivity contribution < 1.29 is 30.2 Å². The van der Waals surface area contributed by atoms with Gasteiger partial charge in [0.15, 0.2) is 0 Å². The highest BCUT2D eigenvalue weighted by atomic mass is 32.2. The van der Waals surface area contributed by atoms with Gasteiger partial charge in [-0.1, -0.05) is 6.07 Å². The van der Waals surface area contributed by atoms with Crippen LogP contribution in [0.3, 0.4) is 0 Å². The molecule has 0 unspecified atom stereocenters. The Labute approximate surface area is 132 Å². The summed E-state index contributed by atoms with van der Waals surface area (Å²) in [5.74, 6) is -1.48. The summed E-state index contributed by atoms with van der Waals surface area (Å²) in [5.41, 5.74) is -5.24. The van der Waals surface area contributed by atoms with Gasteiger partial charge < -0.3 is 9.08 Å². The summed E-state index contributed by atoms with van der Waals surface area (Å²) < 4.78 is 76.2. The van der Waals surface area contributed by atoms with Gasteiger partial charge in [-0.2, -0.15) is 21.6 Å². The maximum absolute atomic E-state index is 13.9. The second-order valence-electron chi connectivity index (χ2n) is 5.51. The van der Waals surface area contributed by atoms with E-state index in [-0.39, 0.29) is 0 Å². The van der Waals surface area contributed by atoms with Crippen molar-refractivity contribution >= 4 is 10.1 Å². The molecule has 1 aromatic rings. The van der Waals surface area contributed by atoms with E-state index in [0.717, 1.165) is 25.5 Å². The molecule has 1 atom stereocenters. The Hall–Kier alpha value is -1.35. The Bertz CT molecular complexity index is 660. The Balaban J connectivity index is 2.03. The van der Waals surface area contributed by atoms with Gasteiger partial charge in [-0.3, -0.25) is 0 Å². The Morgan fingerprint density at radius 1 is 1.35 bits per heavy atom. The van der Waals surface area contributed by atoms with E-state index in [4.69, 9.17) is 0 Å². The first-order valence-corrected chi connectivity index (χ1v) is 8.54. The van der Waals surface area contributed by atoms with Crippen molar-refractivity contribution in [3.63, 3.8) is 0 Å². The van der Waals surface area contributed by atoms with Gasteiger partial charge in [0.1, 0.15) is 11.6 Å². The average Bonchev–Trinajstić information content (AvgIpc) is 2.81. The molecule has 1 aromatic carbocycles. The van der Waals surface area contributed by atoms with E-state index in [0.29, 0.717) is 30.6 Å². The summed E-state index contributed by atoms with van der Waals surface area (Å²) >= 11 is 0. The van der Waals surface area contributed by atoms with Crippen LogP contribution < -0.4 is 4.18 Å². The molecular weight excluding hydrogens is 338 g/mol. The zero-order chi connectivity index (χ0) is 17.3. The van der Waals surface area contributed by atoms with Crippen LogP contribution in [0.25, 0.3) is 0 Å². The molecule has 0 bridgehead atoms. The second-order valence-corrected chi connectivity index (χ2v) is 7.05. The van der Waals surface area contributed by atoms with Crippen molar-refractivity contribution in [1.29, 1.82) is 0 Å². The highest BCUT2D eigenvalue weighted by Crippen LogP contribution is 2.28. The maximum atomic E-state index is 13.9. The van der Waals surface area contributed by atoms with E-state index in [1.807, 2.05) is 0 Å². The molecule has 1 aliphatic heterocycles. The molecule has 0 aliphatic carbocycles. The normalized spacial score (nSPS) is 20.0. The van der Waals surface area contributed by atoms with Gasteiger partial charge in [-0.05, 0) is 44.4 Å². The summed E-state index contributed by atoms with van der Waals surface area (Å²) in [7, 11) is -5.79. The minimum absolute atomic E-state index is 0.306. The van der Waals surface area contributed by atoms with Crippen molar-refractivity contribution in [2.45, 2.75) is 37.7 Å². The molecule has 0 N–H and O–H groups in total. The molecule has 1 saturated heterocycles. The summed E-state index contributed by atoms with van der Waals surface area (Å²) in [6.07, 6.45) is 2.57. The van der Waals surface area contributed by atoms with Crippen molar-refractivity contribution in [3.8, 4) is 5.75 Å². The minimum Gasteiger partial charge on any atom is -0.376 e. The second kappa shape index (κ2) is 6.64. The number of alkyl halides is 3. The number of hydrogen-bond acceptors (Lipinski definition) is 4. The molecule has 1 heterocycles. The third-order valence-electron chi connectivity index (χ3n) is 3.87. The van der Waals surface area contributed by atoms with E-state index in [1.165, 1.54) is 6.07 Å². The lowest BCUT2D eigenvalue weighted by atomic mass is 10.1. The van der Waals surface area contributed by atoms with Crippen molar-refractivity contribution in [2.24, 2.45) is 0 Å². The molecule has 1 aliphatic rings. The van der Waals surface area contributed by atoms with Gasteiger partial charge in [-0.15, -0.1) is 0 Å². The molecule has 0 amide bonds. The Morgan fingerprint density at radius 3 is 2.57 bits per heavy atom. The number of benzene rings is 1. The quantitative estimate of drug-likeness (QED) is 0.463. The fraction of sp³-hybridized carbons (Fsp3) is 0.571. The molecule has 4 nitrogen and oxygen atoms in total. The zero-order valence-electron chi connectivity index (χ0n) is 12.4. The predicted octanol–water partition coefficient (Wildman–Crippen LogP) is 3.08. The van der Waals surface area contributed by atoms with E-state index in [1.54, 1.807) is 0 Å². The molecule has 0 aromatic heterocycles. The van der Waals surface area contributed by atoms with E-state index in [2.05, 4.69) is 16.0 Å². The summed E-state index contributed by atoms with van der Waals surface area (Å²) in [6, 6.07) is 3.36. The van der Waals surface area contributed by atoms with Gasteiger partial charge in [0, 0.05) is 18.7 Å². The van der Waals surface area contributed by atoms with Crippen LogP contribution in [0.1, 0.15) is 25.3 Å². The molecule has 0 saturated carbocycles. The number of nitrogens with zero attached hydrogens (tertiary/aromatic N) is 1. The standard InChI is InChI=1S/C14H17F4NO3S/c1-10-3-2-7-19(10)8-6-11-4-5-12(9-13(11)15)22-23(20,21)14(16,17)18/h4-5,9-10H,2-3,6-8H2,1H3/t10-/m1/s1. The molecule has 0 radical (unpaired) electrons. The highest BCUT2D eigenvalue weighted by molar-refractivity contribution is 7.87. The van der Waals surface area contributed by atoms with Crippen LogP contribution in [0.15, 0.2) is 18.2 Å². The molecule has 1 fully saturated rings. The number of likely N-dealkylation sites (tertiary alicyclic amines) is 1. The van der Waals surface area contributed by atoms with Gasteiger partial charge >= 0.3 is 15.6 Å². The minimum atomic E-state index is -5.79. The third kappa shape index (κ3) is 4.35. The summed E-state index contributed by atoms with van der Waals surface area (Å²) in [5, 5.41) is 0. The molecule has 23 heavy (non-hydrogen) atoms. The van der Waals surface area contributed by atoms with Crippen LogP contribution in [0, 0.1) is 5.82 Å². The fourth-order valence-electron chi connectivity index (χ4n) is 2.55. The number of halogens is 4. The Kier molecular flexibility index (Phi) is 5.20. The monoisotopic (exact) mass is 355 g/mol. The first-order chi connectivity index (χ1) is 10.6. The van der Waals surface area contributed by atoms with Gasteiger partial charge in [0.05, 0.1) is 0 Å². The summed E-state index contributed by atoms with van der Waals surface area (Å²) in [4.78, 5) is 2.21. The fourth-order valence-corrected chi connectivity index (χ4v) is 3.00. The summed E-state index contributed by atoms with van der Waals surface area (Å²) in [6.45, 7) is 3.66. The maximum Gasteiger partial charge on any atom is 0.534 e. The molecule has 130 valence electrons. The van der Waals surface area contributed by atoms with Crippen LogP contribution >= 0.6 is 0 Å². The van der Waals surface area contributed by atoms with Crippen molar-refractivity contribution in [3.05, 3.63) is 29.6 Å². The smallest absolute Gasteiger partial charge is 0.376 e. The third-order valence-corrected chi connectivity index (χ3v) is 4.85. The number of rotatable bonds is 5. The number of hydrogen-bond donors (Lipinski definition) is 0.